The van der Waals surface area contributed by atoms with E-state index in [9.17, 15) is 9.59 Å². The molecule has 0 aliphatic heterocycles. The van der Waals surface area contributed by atoms with Gasteiger partial charge >= 0.3 is 11.8 Å². The molecule has 0 saturated heterocycles. The van der Waals surface area contributed by atoms with E-state index in [2.05, 4.69) is 4.57 Å². The van der Waals surface area contributed by atoms with E-state index in [1.165, 1.54) is 0 Å². The van der Waals surface area contributed by atoms with Crippen molar-refractivity contribution in [2.75, 3.05) is 13.7 Å². The first-order valence-corrected chi connectivity index (χ1v) is 13.4. The van der Waals surface area contributed by atoms with Gasteiger partial charge in [0.25, 0.3) is 0 Å². The van der Waals surface area contributed by atoms with Gasteiger partial charge in [0, 0.05) is 46.6 Å². The minimum absolute atomic E-state index is 0.137. The van der Waals surface area contributed by atoms with Gasteiger partial charge in [0.05, 0.1) is 12.2 Å². The van der Waals surface area contributed by atoms with Crippen LogP contribution in [0, 0.1) is 27.7 Å². The van der Waals surface area contributed by atoms with E-state index in [-0.39, 0.29) is 18.1 Å². The molecule has 10 heteroatoms. The number of carbonyl (C=O) groups excluding carboxylic acids is 1. The Kier molecular flexibility index (Phi) is 8.58. The van der Waals surface area contributed by atoms with Crippen molar-refractivity contribution in [3.05, 3.63) is 73.9 Å². The largest absolute Gasteiger partial charge is 0.519 e. The number of pyridine rings is 1. The van der Waals surface area contributed by atoms with Crippen LogP contribution in [-0.2, 0) is 32.2 Å². The van der Waals surface area contributed by atoms with E-state index < -0.39 is 23.5 Å². The molecular weight excluding hydrogens is 536 g/mol. The highest BCUT2D eigenvalue weighted by atomic mass is 35.5. The number of hydrogen-bond donors (Lipinski definition) is 0. The highest BCUT2D eigenvalue weighted by Gasteiger charge is 2.35. The van der Waals surface area contributed by atoms with Crippen LogP contribution in [0.5, 0.6) is 0 Å². The molecule has 0 radical (unpaired) electrons. The maximum atomic E-state index is 13.8. The third-order valence-electron chi connectivity index (χ3n) is 6.77. The van der Waals surface area contributed by atoms with Gasteiger partial charge in [-0.2, -0.15) is 0 Å². The molecular formula is C30H35ClN2O7. The third kappa shape index (κ3) is 6.01. The zero-order valence-electron chi connectivity index (χ0n) is 24.1. The molecule has 0 amide bonds. The van der Waals surface area contributed by atoms with Gasteiger partial charge in [0.2, 0.25) is 0 Å². The van der Waals surface area contributed by atoms with Crippen molar-refractivity contribution in [1.29, 1.82) is 0 Å². The Hall–Kier alpha value is -3.40. The molecule has 4 aromatic rings. The second-order valence-electron chi connectivity index (χ2n) is 10.7. The Bertz CT molecular complexity index is 1590. The molecule has 0 N–H and O–H groups in total. The maximum Gasteiger partial charge on any atom is 0.519 e. The van der Waals surface area contributed by atoms with Gasteiger partial charge in [0.1, 0.15) is 5.65 Å². The smallest absolute Gasteiger partial charge is 0.455 e. The molecule has 3 heterocycles. The van der Waals surface area contributed by atoms with Crippen molar-refractivity contribution in [3.8, 4) is 11.1 Å². The monoisotopic (exact) mass is 570 g/mol. The lowest BCUT2D eigenvalue weighted by molar-refractivity contribution is -0.169. The van der Waals surface area contributed by atoms with Crippen molar-refractivity contribution in [2.45, 2.75) is 73.3 Å². The van der Waals surface area contributed by atoms with Crippen LogP contribution in [0.4, 0.5) is 0 Å². The molecule has 4 rings (SSSR count). The minimum atomic E-state index is -1.14. The van der Waals surface area contributed by atoms with Gasteiger partial charge < -0.3 is 27.6 Å². The van der Waals surface area contributed by atoms with Gasteiger partial charge in [-0.05, 0) is 71.7 Å². The van der Waals surface area contributed by atoms with Crippen molar-refractivity contribution < 1.29 is 27.8 Å². The summed E-state index contributed by atoms with van der Waals surface area (Å²) in [6, 6.07) is 7.47. The van der Waals surface area contributed by atoms with E-state index in [1.54, 1.807) is 14.0 Å². The summed E-state index contributed by atoms with van der Waals surface area (Å²) in [6.45, 7) is 14.0. The highest BCUT2D eigenvalue weighted by molar-refractivity contribution is 6.30. The SMILES string of the molecule is COCCn1c(C)c(C)c2c(-c3ccc(Cl)cc3)c([C@H](OC(C)(C)C)C(=O)OCc3oc(=O)oc3C)c(C)nc21. The van der Waals surface area contributed by atoms with Gasteiger partial charge in [-0.1, -0.05) is 23.7 Å². The van der Waals surface area contributed by atoms with E-state index in [0.717, 1.165) is 33.4 Å². The number of rotatable bonds is 9. The summed E-state index contributed by atoms with van der Waals surface area (Å²) >= 11 is 6.25. The van der Waals surface area contributed by atoms with Gasteiger partial charge in [-0.25, -0.2) is 14.6 Å². The molecule has 0 aliphatic rings. The number of aryl methyl sites for hydroxylation is 3. The van der Waals surface area contributed by atoms with E-state index >= 15 is 0 Å². The van der Waals surface area contributed by atoms with E-state index in [1.807, 2.05) is 65.8 Å². The molecule has 9 nitrogen and oxygen atoms in total. The topological polar surface area (TPSA) is 106 Å². The number of esters is 1. The van der Waals surface area contributed by atoms with Crippen LogP contribution >= 0.6 is 11.6 Å². The first-order valence-electron chi connectivity index (χ1n) is 13.0. The third-order valence-corrected chi connectivity index (χ3v) is 7.02. The van der Waals surface area contributed by atoms with Crippen LogP contribution in [0.1, 0.15) is 60.9 Å². The zero-order chi connectivity index (χ0) is 29.4. The van der Waals surface area contributed by atoms with Gasteiger partial charge in [-0.3, -0.25) is 0 Å². The summed E-state index contributed by atoms with van der Waals surface area (Å²) in [4.78, 5) is 30.3. The van der Waals surface area contributed by atoms with Crippen LogP contribution in [-0.4, -0.2) is 34.8 Å². The number of carbonyl (C=O) groups is 1. The Balaban J connectivity index is 1.96. The maximum absolute atomic E-state index is 13.8. The Morgan fingerprint density at radius 1 is 1.10 bits per heavy atom. The molecule has 0 bridgehead atoms. The van der Waals surface area contributed by atoms with Crippen molar-refractivity contribution >= 4 is 28.6 Å². The van der Waals surface area contributed by atoms with Crippen molar-refractivity contribution in [1.82, 2.24) is 9.55 Å². The number of ether oxygens (including phenoxy) is 3. The predicted molar refractivity (Wildman–Crippen MR) is 152 cm³/mol. The molecule has 0 spiro atoms. The second-order valence-corrected chi connectivity index (χ2v) is 11.1. The minimum Gasteiger partial charge on any atom is -0.455 e. The van der Waals surface area contributed by atoms with Crippen LogP contribution in [0.2, 0.25) is 5.02 Å². The summed E-state index contributed by atoms with van der Waals surface area (Å²) in [6.07, 6.45) is -1.14. The summed E-state index contributed by atoms with van der Waals surface area (Å²) < 4.78 is 29.4. The first kappa shape index (κ1) is 29.6. The molecule has 214 valence electrons. The predicted octanol–water partition coefficient (Wildman–Crippen LogP) is 6.38. The summed E-state index contributed by atoms with van der Waals surface area (Å²) in [5.74, 6) is -1.12. The molecule has 1 atom stereocenters. The molecule has 0 fully saturated rings. The zero-order valence-corrected chi connectivity index (χ0v) is 24.9. The Morgan fingerprint density at radius 2 is 1.77 bits per heavy atom. The lowest BCUT2D eigenvalue weighted by Crippen LogP contribution is -2.30. The fourth-order valence-electron chi connectivity index (χ4n) is 4.79. The summed E-state index contributed by atoms with van der Waals surface area (Å²) in [5, 5.41) is 1.50. The molecule has 0 saturated carbocycles. The highest BCUT2D eigenvalue weighted by Crippen LogP contribution is 2.42. The van der Waals surface area contributed by atoms with Gasteiger partial charge in [0.15, 0.2) is 24.2 Å². The number of aromatic nitrogens is 2. The van der Waals surface area contributed by atoms with E-state index in [0.29, 0.717) is 29.4 Å². The average molecular weight is 571 g/mol. The average Bonchev–Trinajstić information content (AvgIpc) is 3.32. The van der Waals surface area contributed by atoms with Crippen LogP contribution in [0.3, 0.4) is 0 Å². The fourth-order valence-corrected chi connectivity index (χ4v) is 4.91. The first-order chi connectivity index (χ1) is 18.8. The van der Waals surface area contributed by atoms with Crippen LogP contribution in [0.25, 0.3) is 22.2 Å². The molecule has 1 aromatic carbocycles. The number of methoxy groups -OCH3 is 1. The summed E-state index contributed by atoms with van der Waals surface area (Å²) in [7, 11) is 1.67. The fraction of sp³-hybridized carbons (Fsp3) is 0.433. The number of hydrogen-bond acceptors (Lipinski definition) is 8. The number of benzene rings is 1. The summed E-state index contributed by atoms with van der Waals surface area (Å²) in [5.41, 5.74) is 5.03. The van der Waals surface area contributed by atoms with Crippen LogP contribution in [0.15, 0.2) is 37.9 Å². The number of halogens is 1. The molecule has 40 heavy (non-hydrogen) atoms. The number of nitrogens with zero attached hydrogens (tertiary/aromatic N) is 2. The standard InChI is InChI=1S/C30H35ClN2O7/c1-16-18(3)33(13-14-36-8)27-23(16)25(20-9-11-21(31)12-10-20)24(17(2)32-27)26(40-30(5,6)7)28(34)37-15-22-19(4)38-29(35)39-22/h9-12,26H,13-15H2,1-8H3/t26-/m0/s1. The van der Waals surface area contributed by atoms with Gasteiger partial charge in [-0.15, -0.1) is 0 Å². The molecule has 3 aromatic heterocycles. The molecule has 0 unspecified atom stereocenters. The Morgan fingerprint density at radius 3 is 2.35 bits per heavy atom. The normalized spacial score (nSPS) is 12.7. The quantitative estimate of drug-likeness (QED) is 0.213. The second kappa shape index (κ2) is 11.6. The number of fused-ring (bicyclic) bond motifs is 1. The van der Waals surface area contributed by atoms with Crippen molar-refractivity contribution in [2.24, 2.45) is 0 Å². The molecule has 0 aliphatic carbocycles. The van der Waals surface area contributed by atoms with Crippen LogP contribution < -0.4 is 5.82 Å². The lowest BCUT2D eigenvalue weighted by atomic mass is 9.91. The van der Waals surface area contributed by atoms with E-state index in [4.69, 9.17) is 39.6 Å². The Labute approximate surface area is 238 Å². The van der Waals surface area contributed by atoms with Crippen molar-refractivity contribution in [3.63, 3.8) is 0 Å². The lowest BCUT2D eigenvalue weighted by Gasteiger charge is -2.29.